The Balaban J connectivity index is 1.79. The summed E-state index contributed by atoms with van der Waals surface area (Å²) in [6.07, 6.45) is 3.64. The molecule has 2 heterocycles. The van der Waals surface area contributed by atoms with Crippen LogP contribution in [0.15, 0.2) is 36.5 Å². The molecule has 1 fully saturated rings. The first kappa shape index (κ1) is 19.6. The number of nitrogens with zero attached hydrogens (tertiary/aromatic N) is 4. The first-order valence-corrected chi connectivity index (χ1v) is 10.3. The average molecular weight is 394 g/mol. The number of carbonyl (C=O) groups excluding carboxylic acids is 1. The molecule has 0 atom stereocenters. The number of fused-ring (bicyclic) bond motifs is 1. The molecule has 1 aliphatic rings. The van der Waals surface area contributed by atoms with E-state index in [4.69, 9.17) is 4.98 Å². The maximum atomic E-state index is 14.3. The number of pyridine rings is 1. The first-order valence-electron chi connectivity index (χ1n) is 10.3. The first-order chi connectivity index (χ1) is 13.9. The van der Waals surface area contributed by atoms with E-state index in [-0.39, 0.29) is 36.3 Å². The van der Waals surface area contributed by atoms with Gasteiger partial charge in [-0.3, -0.25) is 4.79 Å². The van der Waals surface area contributed by atoms with Crippen molar-refractivity contribution in [1.29, 1.82) is 0 Å². The molecule has 0 saturated heterocycles. The molecule has 5 nitrogen and oxygen atoms in total. The van der Waals surface area contributed by atoms with Gasteiger partial charge >= 0.3 is 0 Å². The minimum absolute atomic E-state index is 0.0756. The molecular weight excluding hydrogens is 367 g/mol. The van der Waals surface area contributed by atoms with Crippen LogP contribution in [0.1, 0.15) is 74.1 Å². The Kier molecular flexibility index (Phi) is 5.11. The van der Waals surface area contributed by atoms with Crippen molar-refractivity contribution in [3.8, 4) is 0 Å². The maximum absolute atomic E-state index is 14.3. The van der Waals surface area contributed by atoms with Gasteiger partial charge in [-0.2, -0.15) is 5.10 Å². The number of hydrogen-bond acceptors (Lipinski definition) is 3. The van der Waals surface area contributed by atoms with Gasteiger partial charge in [-0.15, -0.1) is 0 Å². The van der Waals surface area contributed by atoms with Gasteiger partial charge in [0.05, 0.1) is 17.1 Å². The highest BCUT2D eigenvalue weighted by molar-refractivity contribution is 6.05. The van der Waals surface area contributed by atoms with Crippen LogP contribution in [0.25, 0.3) is 11.0 Å². The van der Waals surface area contributed by atoms with Gasteiger partial charge in [-0.05, 0) is 44.7 Å². The van der Waals surface area contributed by atoms with Crippen molar-refractivity contribution in [2.24, 2.45) is 0 Å². The van der Waals surface area contributed by atoms with Crippen molar-refractivity contribution in [2.45, 2.75) is 65.1 Å². The summed E-state index contributed by atoms with van der Waals surface area (Å²) in [6.45, 7) is 8.50. The van der Waals surface area contributed by atoms with Crippen LogP contribution in [0.2, 0.25) is 0 Å². The van der Waals surface area contributed by atoms with E-state index in [1.54, 1.807) is 18.3 Å². The Morgan fingerprint density at radius 1 is 1.24 bits per heavy atom. The third-order valence-corrected chi connectivity index (χ3v) is 5.44. The number of hydrogen-bond donors (Lipinski definition) is 0. The van der Waals surface area contributed by atoms with Crippen molar-refractivity contribution < 1.29 is 9.18 Å². The van der Waals surface area contributed by atoms with Gasteiger partial charge in [0.15, 0.2) is 5.65 Å². The molecule has 152 valence electrons. The van der Waals surface area contributed by atoms with Crippen LogP contribution in [0.4, 0.5) is 4.39 Å². The van der Waals surface area contributed by atoms with Crippen molar-refractivity contribution in [3.63, 3.8) is 0 Å². The number of amides is 1. The molecule has 1 aromatic carbocycles. The van der Waals surface area contributed by atoms with E-state index < -0.39 is 0 Å². The van der Waals surface area contributed by atoms with Crippen LogP contribution in [0.3, 0.4) is 0 Å². The number of benzene rings is 1. The Morgan fingerprint density at radius 2 is 1.97 bits per heavy atom. The summed E-state index contributed by atoms with van der Waals surface area (Å²) in [5.41, 5.74) is 2.75. The molecule has 2 aromatic heterocycles. The van der Waals surface area contributed by atoms with E-state index in [1.165, 1.54) is 6.07 Å². The molecule has 3 aromatic rings. The zero-order chi connectivity index (χ0) is 20.7. The van der Waals surface area contributed by atoms with E-state index >= 15 is 0 Å². The standard InChI is InChI=1S/C23H27FN4O/c1-14(2)21-11-18(19-12-25-28(15(3)4)22(19)26-21)23(29)27(17-9-10-17)13-16-7-5-6-8-20(16)24/h5-8,11-12,14-15,17H,9-10,13H2,1-4H3. The Hall–Kier alpha value is -2.76. The smallest absolute Gasteiger partial charge is 0.255 e. The minimum atomic E-state index is -0.277. The summed E-state index contributed by atoms with van der Waals surface area (Å²) >= 11 is 0. The Bertz CT molecular complexity index is 1050. The molecule has 6 heteroatoms. The summed E-state index contributed by atoms with van der Waals surface area (Å²) in [4.78, 5) is 20.2. The van der Waals surface area contributed by atoms with Gasteiger partial charge in [0.1, 0.15) is 5.82 Å². The Labute approximate surface area is 170 Å². The highest BCUT2D eigenvalue weighted by Gasteiger charge is 2.35. The molecule has 1 amide bonds. The monoisotopic (exact) mass is 394 g/mol. The van der Waals surface area contributed by atoms with E-state index in [0.29, 0.717) is 11.1 Å². The normalized spacial score (nSPS) is 14.2. The van der Waals surface area contributed by atoms with Crippen LogP contribution in [0, 0.1) is 5.82 Å². The molecule has 0 bridgehead atoms. The topological polar surface area (TPSA) is 51.0 Å². The molecule has 4 rings (SSSR count). The fourth-order valence-electron chi connectivity index (χ4n) is 3.61. The van der Waals surface area contributed by atoms with Crippen molar-refractivity contribution in [2.75, 3.05) is 0 Å². The molecule has 1 saturated carbocycles. The van der Waals surface area contributed by atoms with Gasteiger partial charge in [0.25, 0.3) is 5.91 Å². The number of halogens is 1. The van der Waals surface area contributed by atoms with Crippen LogP contribution in [-0.4, -0.2) is 31.6 Å². The molecule has 0 N–H and O–H groups in total. The molecule has 0 spiro atoms. The highest BCUT2D eigenvalue weighted by Crippen LogP contribution is 2.32. The van der Waals surface area contributed by atoms with Gasteiger partial charge in [-0.25, -0.2) is 14.1 Å². The van der Waals surface area contributed by atoms with Gasteiger partial charge < -0.3 is 4.90 Å². The van der Waals surface area contributed by atoms with Crippen LogP contribution in [-0.2, 0) is 6.54 Å². The lowest BCUT2D eigenvalue weighted by atomic mass is 10.0. The lowest BCUT2D eigenvalue weighted by Gasteiger charge is -2.24. The van der Waals surface area contributed by atoms with E-state index in [0.717, 1.165) is 29.6 Å². The third kappa shape index (κ3) is 3.76. The van der Waals surface area contributed by atoms with Crippen LogP contribution < -0.4 is 0 Å². The third-order valence-electron chi connectivity index (χ3n) is 5.44. The number of rotatable bonds is 6. The summed E-state index contributed by atoms with van der Waals surface area (Å²) < 4.78 is 16.1. The molecule has 29 heavy (non-hydrogen) atoms. The highest BCUT2D eigenvalue weighted by atomic mass is 19.1. The van der Waals surface area contributed by atoms with Gasteiger partial charge in [0.2, 0.25) is 0 Å². The molecule has 0 aliphatic heterocycles. The summed E-state index contributed by atoms with van der Waals surface area (Å²) in [6, 6.07) is 8.86. The van der Waals surface area contributed by atoms with Gasteiger partial charge in [-0.1, -0.05) is 32.0 Å². The Morgan fingerprint density at radius 3 is 2.59 bits per heavy atom. The molecule has 1 aliphatic carbocycles. The number of aromatic nitrogens is 3. The van der Waals surface area contributed by atoms with E-state index in [1.807, 2.05) is 35.6 Å². The largest absolute Gasteiger partial charge is 0.331 e. The van der Waals surface area contributed by atoms with Crippen molar-refractivity contribution in [3.05, 3.63) is 59.2 Å². The zero-order valence-electron chi connectivity index (χ0n) is 17.4. The predicted molar refractivity (Wildman–Crippen MR) is 111 cm³/mol. The fraction of sp³-hybridized carbons (Fsp3) is 0.435. The van der Waals surface area contributed by atoms with E-state index in [2.05, 4.69) is 18.9 Å². The van der Waals surface area contributed by atoms with E-state index in [9.17, 15) is 9.18 Å². The second-order valence-electron chi connectivity index (χ2n) is 8.43. The average Bonchev–Trinajstić information content (AvgIpc) is 3.43. The molecule has 0 unspecified atom stereocenters. The number of carbonyl (C=O) groups is 1. The van der Waals surface area contributed by atoms with Gasteiger partial charge in [0, 0.05) is 29.9 Å². The minimum Gasteiger partial charge on any atom is -0.331 e. The maximum Gasteiger partial charge on any atom is 0.255 e. The van der Waals surface area contributed by atoms with Crippen LogP contribution >= 0.6 is 0 Å². The predicted octanol–water partition coefficient (Wildman–Crippen LogP) is 5.08. The second-order valence-corrected chi connectivity index (χ2v) is 8.43. The summed E-state index contributed by atoms with van der Waals surface area (Å²) in [7, 11) is 0. The fourth-order valence-corrected chi connectivity index (χ4v) is 3.61. The quantitative estimate of drug-likeness (QED) is 0.586. The van der Waals surface area contributed by atoms with Crippen LogP contribution in [0.5, 0.6) is 0 Å². The molecule has 0 radical (unpaired) electrons. The summed E-state index contributed by atoms with van der Waals surface area (Å²) in [5, 5.41) is 5.24. The van der Waals surface area contributed by atoms with Crippen molar-refractivity contribution >= 4 is 16.9 Å². The molecular formula is C23H27FN4O. The van der Waals surface area contributed by atoms with Crippen molar-refractivity contribution in [1.82, 2.24) is 19.7 Å². The lowest BCUT2D eigenvalue weighted by molar-refractivity contribution is 0.0730. The lowest BCUT2D eigenvalue weighted by Crippen LogP contribution is -2.33. The second kappa shape index (κ2) is 7.58. The summed E-state index contributed by atoms with van der Waals surface area (Å²) in [5.74, 6) is -0.169. The zero-order valence-corrected chi connectivity index (χ0v) is 17.4. The SMILES string of the molecule is CC(C)c1cc(C(=O)N(Cc2ccccc2F)C2CC2)c2cnn(C(C)C)c2n1.